The van der Waals surface area contributed by atoms with E-state index in [0.29, 0.717) is 12.5 Å². The summed E-state index contributed by atoms with van der Waals surface area (Å²) in [5.74, 6) is 1.72. The highest BCUT2D eigenvalue weighted by Crippen LogP contribution is 2.26. The number of rotatable bonds is 4. The van der Waals surface area contributed by atoms with Gasteiger partial charge >= 0.3 is 0 Å². The molecule has 0 atom stereocenters. The fourth-order valence-electron chi connectivity index (χ4n) is 2.46. The van der Waals surface area contributed by atoms with Crippen LogP contribution >= 0.6 is 15.9 Å². The Balaban J connectivity index is 2.05. The van der Waals surface area contributed by atoms with E-state index in [0.717, 1.165) is 48.4 Å². The number of pyridine rings is 1. The second-order valence-electron chi connectivity index (χ2n) is 4.73. The highest BCUT2D eigenvalue weighted by atomic mass is 79.9. The fraction of sp³-hybridized carbons (Fsp3) is 0.615. The van der Waals surface area contributed by atoms with E-state index in [2.05, 4.69) is 31.9 Å². The number of ether oxygens (including phenoxy) is 1. The molecule has 18 heavy (non-hydrogen) atoms. The Labute approximate surface area is 117 Å². The van der Waals surface area contributed by atoms with Crippen LogP contribution in [-0.2, 0) is 11.3 Å². The van der Waals surface area contributed by atoms with Crippen LogP contribution in [0.2, 0.25) is 0 Å². The van der Waals surface area contributed by atoms with Gasteiger partial charge in [-0.2, -0.15) is 0 Å². The quantitative estimate of drug-likeness (QED) is 0.925. The summed E-state index contributed by atoms with van der Waals surface area (Å²) in [5.41, 5.74) is 6.90. The molecule has 2 N–H and O–H groups in total. The summed E-state index contributed by atoms with van der Waals surface area (Å²) in [4.78, 5) is 6.85. The number of aromatic nitrogens is 1. The van der Waals surface area contributed by atoms with Gasteiger partial charge in [-0.05, 0) is 40.8 Å². The van der Waals surface area contributed by atoms with Crippen LogP contribution in [0, 0.1) is 5.92 Å². The van der Waals surface area contributed by atoms with Crippen LogP contribution < -0.4 is 10.6 Å². The zero-order valence-electron chi connectivity index (χ0n) is 10.7. The monoisotopic (exact) mass is 313 g/mol. The second kappa shape index (κ2) is 6.50. The molecular weight excluding hydrogens is 294 g/mol. The van der Waals surface area contributed by atoms with Gasteiger partial charge in [0.1, 0.15) is 5.82 Å². The second-order valence-corrected chi connectivity index (χ2v) is 5.64. The van der Waals surface area contributed by atoms with E-state index in [-0.39, 0.29) is 0 Å². The lowest BCUT2D eigenvalue weighted by molar-refractivity contribution is 0.139. The first-order valence-electron chi connectivity index (χ1n) is 6.33. The molecule has 0 bridgehead atoms. The first-order valence-corrected chi connectivity index (χ1v) is 7.12. The molecule has 1 aromatic rings. The predicted molar refractivity (Wildman–Crippen MR) is 76.6 cm³/mol. The third-order valence-electron chi connectivity index (χ3n) is 3.45. The van der Waals surface area contributed by atoms with Crippen molar-refractivity contribution in [3.63, 3.8) is 0 Å². The lowest BCUT2D eigenvalue weighted by atomic mass is 9.97. The number of hydrogen-bond donors (Lipinski definition) is 1. The van der Waals surface area contributed by atoms with E-state index in [1.807, 2.05) is 6.20 Å². The van der Waals surface area contributed by atoms with Crippen LogP contribution in [0.1, 0.15) is 18.4 Å². The highest BCUT2D eigenvalue weighted by molar-refractivity contribution is 9.10. The van der Waals surface area contributed by atoms with Crippen molar-refractivity contribution in [1.29, 1.82) is 0 Å². The lowest BCUT2D eigenvalue weighted by Crippen LogP contribution is -2.36. The molecule has 2 heterocycles. The van der Waals surface area contributed by atoms with Crippen molar-refractivity contribution in [1.82, 2.24) is 4.98 Å². The van der Waals surface area contributed by atoms with E-state index in [4.69, 9.17) is 10.5 Å². The SMILES string of the molecule is COCC1CCN(c2ncc(Br)cc2CN)CC1. The molecule has 1 aliphatic rings. The molecule has 5 heteroatoms. The molecule has 0 spiro atoms. The first-order chi connectivity index (χ1) is 8.74. The summed E-state index contributed by atoms with van der Waals surface area (Å²) >= 11 is 3.44. The van der Waals surface area contributed by atoms with Gasteiger partial charge in [-0.1, -0.05) is 0 Å². The smallest absolute Gasteiger partial charge is 0.133 e. The summed E-state index contributed by atoms with van der Waals surface area (Å²) < 4.78 is 6.21. The molecule has 1 aromatic heterocycles. The molecule has 0 saturated carbocycles. The van der Waals surface area contributed by atoms with Crippen molar-refractivity contribution in [3.05, 3.63) is 22.3 Å². The maximum Gasteiger partial charge on any atom is 0.133 e. The molecule has 1 aliphatic heterocycles. The number of nitrogens with two attached hydrogens (primary N) is 1. The van der Waals surface area contributed by atoms with Gasteiger partial charge in [0.25, 0.3) is 0 Å². The van der Waals surface area contributed by atoms with Crippen LogP contribution in [0.15, 0.2) is 16.7 Å². The van der Waals surface area contributed by atoms with Crippen LogP contribution in [-0.4, -0.2) is 31.8 Å². The normalized spacial score (nSPS) is 17.2. The molecule has 0 aromatic carbocycles. The Morgan fingerprint density at radius 3 is 2.83 bits per heavy atom. The average Bonchev–Trinajstić information content (AvgIpc) is 2.40. The van der Waals surface area contributed by atoms with E-state index >= 15 is 0 Å². The number of halogens is 1. The third-order valence-corrected chi connectivity index (χ3v) is 3.88. The van der Waals surface area contributed by atoms with Gasteiger partial charge in [0.05, 0.1) is 0 Å². The van der Waals surface area contributed by atoms with E-state index in [9.17, 15) is 0 Å². The van der Waals surface area contributed by atoms with Gasteiger partial charge in [0.2, 0.25) is 0 Å². The maximum atomic E-state index is 5.79. The van der Waals surface area contributed by atoms with Crippen molar-refractivity contribution in [2.24, 2.45) is 11.7 Å². The zero-order valence-corrected chi connectivity index (χ0v) is 12.3. The van der Waals surface area contributed by atoms with Gasteiger partial charge in [0, 0.05) is 49.6 Å². The van der Waals surface area contributed by atoms with Crippen LogP contribution in [0.25, 0.3) is 0 Å². The molecule has 0 aliphatic carbocycles. The minimum Gasteiger partial charge on any atom is -0.384 e. The van der Waals surface area contributed by atoms with Crippen molar-refractivity contribution in [2.75, 3.05) is 31.7 Å². The first kappa shape index (κ1) is 13.8. The van der Waals surface area contributed by atoms with Gasteiger partial charge < -0.3 is 15.4 Å². The van der Waals surface area contributed by atoms with Gasteiger partial charge in [-0.3, -0.25) is 0 Å². The van der Waals surface area contributed by atoms with Crippen molar-refractivity contribution in [2.45, 2.75) is 19.4 Å². The van der Waals surface area contributed by atoms with E-state index in [1.165, 1.54) is 0 Å². The largest absolute Gasteiger partial charge is 0.384 e. The number of methoxy groups -OCH3 is 1. The Bertz CT molecular complexity index is 392. The number of hydrogen-bond acceptors (Lipinski definition) is 4. The topological polar surface area (TPSA) is 51.4 Å². The minimum absolute atomic E-state index is 0.528. The molecule has 100 valence electrons. The molecule has 1 saturated heterocycles. The summed E-state index contributed by atoms with van der Waals surface area (Å²) in [6.45, 7) is 3.47. The standard InChI is InChI=1S/C13H20BrN3O/c1-18-9-10-2-4-17(5-3-10)13-11(7-15)6-12(14)8-16-13/h6,8,10H,2-5,7,9,15H2,1H3. The Hall–Kier alpha value is -0.650. The zero-order chi connectivity index (χ0) is 13.0. The molecular formula is C13H20BrN3O. The van der Waals surface area contributed by atoms with Crippen molar-refractivity contribution >= 4 is 21.7 Å². The molecule has 2 rings (SSSR count). The van der Waals surface area contributed by atoms with Gasteiger partial charge in [0.15, 0.2) is 0 Å². The van der Waals surface area contributed by atoms with Crippen molar-refractivity contribution in [3.8, 4) is 0 Å². The maximum absolute atomic E-state index is 5.79. The van der Waals surface area contributed by atoms with Crippen LogP contribution in [0.3, 0.4) is 0 Å². The molecule has 0 amide bonds. The Morgan fingerprint density at radius 2 is 2.22 bits per heavy atom. The molecule has 1 fully saturated rings. The Morgan fingerprint density at radius 1 is 1.50 bits per heavy atom. The van der Waals surface area contributed by atoms with E-state index < -0.39 is 0 Å². The van der Waals surface area contributed by atoms with Crippen molar-refractivity contribution < 1.29 is 4.74 Å². The minimum atomic E-state index is 0.528. The van der Waals surface area contributed by atoms with Gasteiger partial charge in [-0.25, -0.2) is 4.98 Å². The van der Waals surface area contributed by atoms with E-state index in [1.54, 1.807) is 7.11 Å². The predicted octanol–water partition coefficient (Wildman–Crippen LogP) is 2.17. The Kier molecular flexibility index (Phi) is 4.97. The molecule has 4 nitrogen and oxygen atoms in total. The third kappa shape index (κ3) is 3.22. The number of nitrogens with zero attached hydrogens (tertiary/aromatic N) is 2. The lowest BCUT2D eigenvalue weighted by Gasteiger charge is -2.33. The summed E-state index contributed by atoms with van der Waals surface area (Å²) in [5, 5.41) is 0. The van der Waals surface area contributed by atoms with Gasteiger partial charge in [-0.15, -0.1) is 0 Å². The fourth-order valence-corrected chi connectivity index (χ4v) is 2.83. The van der Waals surface area contributed by atoms with Crippen LogP contribution in [0.4, 0.5) is 5.82 Å². The summed E-state index contributed by atoms with van der Waals surface area (Å²) in [6, 6.07) is 2.06. The number of piperidine rings is 1. The summed E-state index contributed by atoms with van der Waals surface area (Å²) in [6.07, 6.45) is 4.17. The van der Waals surface area contributed by atoms with Crippen LogP contribution in [0.5, 0.6) is 0 Å². The molecule has 0 radical (unpaired) electrons. The average molecular weight is 314 g/mol. The summed E-state index contributed by atoms with van der Waals surface area (Å²) in [7, 11) is 1.77. The number of anilines is 1. The highest BCUT2D eigenvalue weighted by Gasteiger charge is 2.21. The molecule has 0 unspecified atom stereocenters.